The summed E-state index contributed by atoms with van der Waals surface area (Å²) in [6.45, 7) is 7.91. The van der Waals surface area contributed by atoms with Crippen LogP contribution in [0, 0.1) is 0 Å². The molecule has 0 saturated carbocycles. The van der Waals surface area contributed by atoms with Gasteiger partial charge < -0.3 is 19.7 Å². The molecule has 2 heterocycles. The van der Waals surface area contributed by atoms with Gasteiger partial charge in [0.1, 0.15) is 12.4 Å². The molecule has 2 aromatic rings. The number of hydrogen-bond acceptors (Lipinski definition) is 6. The molecule has 3 rings (SSSR count). The Morgan fingerprint density at radius 1 is 1.17 bits per heavy atom. The quantitative estimate of drug-likeness (QED) is 0.734. The molecule has 7 heteroatoms. The molecule has 0 aliphatic carbocycles. The topological polar surface area (TPSA) is 76.6 Å². The fourth-order valence-corrected chi connectivity index (χ4v) is 3.43. The molecule has 0 spiro atoms. The molecule has 1 fully saturated rings. The average Bonchev–Trinajstić information content (AvgIpc) is 3.15. The Balaban J connectivity index is 1.66. The summed E-state index contributed by atoms with van der Waals surface area (Å²) in [5.74, 6) is 0.779. The minimum Gasteiger partial charge on any atom is -0.445 e. The monoisotopic (exact) mass is 398 g/mol. The van der Waals surface area contributed by atoms with Crippen LogP contribution in [0.3, 0.4) is 0 Å². The van der Waals surface area contributed by atoms with Gasteiger partial charge in [-0.15, -0.1) is 0 Å². The van der Waals surface area contributed by atoms with Crippen LogP contribution in [0.1, 0.15) is 37.7 Å². The van der Waals surface area contributed by atoms with Gasteiger partial charge in [0.15, 0.2) is 0 Å². The zero-order valence-corrected chi connectivity index (χ0v) is 17.4. The van der Waals surface area contributed by atoms with E-state index in [1.54, 1.807) is 4.90 Å². The van der Waals surface area contributed by atoms with Crippen LogP contribution in [0.5, 0.6) is 0 Å². The molecular weight excluding hydrogens is 368 g/mol. The number of aryl methyl sites for hydroxylation is 2. The highest BCUT2D eigenvalue weighted by atomic mass is 16.6. The molecule has 1 aliphatic rings. The van der Waals surface area contributed by atoms with Crippen molar-refractivity contribution < 1.29 is 14.3 Å². The van der Waals surface area contributed by atoms with E-state index in [-0.39, 0.29) is 24.8 Å². The van der Waals surface area contributed by atoms with Gasteiger partial charge in [-0.25, -0.2) is 9.78 Å². The molecule has 1 amide bonds. The van der Waals surface area contributed by atoms with Crippen LogP contribution < -0.4 is 5.32 Å². The number of carbonyl (C=O) groups excluding carboxylic acids is 1. The number of nitrogens with one attached hydrogen (secondary N) is 1. The van der Waals surface area contributed by atoms with E-state index in [1.165, 1.54) is 0 Å². The molecule has 7 nitrogen and oxygen atoms in total. The number of ether oxygens (including phenoxy) is 2. The first-order valence-electron chi connectivity index (χ1n) is 10.3. The highest BCUT2D eigenvalue weighted by Gasteiger charge is 2.37. The number of amides is 1. The number of carbonyl (C=O) groups is 1. The van der Waals surface area contributed by atoms with E-state index in [1.807, 2.05) is 43.5 Å². The molecule has 2 unspecified atom stereocenters. The van der Waals surface area contributed by atoms with Gasteiger partial charge in [0.25, 0.3) is 0 Å². The maximum atomic E-state index is 12.6. The Hall–Kier alpha value is -2.67. The van der Waals surface area contributed by atoms with Crippen molar-refractivity contribution >= 4 is 11.9 Å². The fourth-order valence-electron chi connectivity index (χ4n) is 3.43. The zero-order valence-electron chi connectivity index (χ0n) is 17.4. The summed E-state index contributed by atoms with van der Waals surface area (Å²) in [4.78, 5) is 23.5. The van der Waals surface area contributed by atoms with Gasteiger partial charge in [0.2, 0.25) is 0 Å². The highest BCUT2D eigenvalue weighted by molar-refractivity contribution is 5.68. The van der Waals surface area contributed by atoms with E-state index in [4.69, 9.17) is 14.5 Å². The molecule has 156 valence electrons. The second kappa shape index (κ2) is 10.2. The van der Waals surface area contributed by atoms with Crippen molar-refractivity contribution in [2.75, 3.05) is 25.0 Å². The van der Waals surface area contributed by atoms with Crippen molar-refractivity contribution in [2.45, 2.75) is 52.4 Å². The van der Waals surface area contributed by atoms with Crippen LogP contribution in [0.4, 0.5) is 10.6 Å². The third kappa shape index (κ3) is 5.44. The first kappa shape index (κ1) is 21.0. The minimum atomic E-state index is -0.327. The summed E-state index contributed by atoms with van der Waals surface area (Å²) >= 11 is 0. The third-order valence-corrected chi connectivity index (χ3v) is 5.03. The summed E-state index contributed by atoms with van der Waals surface area (Å²) in [6.07, 6.45) is 2.98. The number of anilines is 1. The summed E-state index contributed by atoms with van der Waals surface area (Å²) in [5.41, 5.74) is 2.83. The SMILES string of the molecule is CCOC1CN(C(=O)OCc2ccccc2)CC1Nc1nc(CC)cnc1CC. The predicted octanol–water partition coefficient (Wildman–Crippen LogP) is 3.44. The second-order valence-corrected chi connectivity index (χ2v) is 7.05. The van der Waals surface area contributed by atoms with Gasteiger partial charge in [-0.05, 0) is 25.3 Å². The van der Waals surface area contributed by atoms with Crippen molar-refractivity contribution in [1.29, 1.82) is 0 Å². The van der Waals surface area contributed by atoms with Crippen LogP contribution >= 0.6 is 0 Å². The molecule has 29 heavy (non-hydrogen) atoms. The number of nitrogens with zero attached hydrogens (tertiary/aromatic N) is 3. The maximum Gasteiger partial charge on any atom is 0.410 e. The molecule has 1 N–H and O–H groups in total. The van der Waals surface area contributed by atoms with E-state index >= 15 is 0 Å². The lowest BCUT2D eigenvalue weighted by Crippen LogP contribution is -2.35. The van der Waals surface area contributed by atoms with E-state index in [0.717, 1.165) is 35.6 Å². The lowest BCUT2D eigenvalue weighted by atomic mass is 10.2. The predicted molar refractivity (Wildman–Crippen MR) is 112 cm³/mol. The Labute approximate surface area is 172 Å². The molecule has 2 atom stereocenters. The smallest absolute Gasteiger partial charge is 0.410 e. The summed E-state index contributed by atoms with van der Waals surface area (Å²) in [5, 5.41) is 3.48. The zero-order chi connectivity index (χ0) is 20.6. The standard InChI is InChI=1S/C22H30N4O3/c1-4-17-12-23-18(5-2)21(24-17)25-19-13-26(14-20(19)28-6-3)22(27)29-15-16-10-8-7-9-11-16/h7-12,19-20H,4-6,13-15H2,1-3H3,(H,24,25). The lowest BCUT2D eigenvalue weighted by molar-refractivity contribution is 0.0580. The summed E-state index contributed by atoms with van der Waals surface area (Å²) in [7, 11) is 0. The van der Waals surface area contributed by atoms with Gasteiger partial charge in [0.05, 0.1) is 30.1 Å². The average molecular weight is 399 g/mol. The Kier molecular flexibility index (Phi) is 7.41. The second-order valence-electron chi connectivity index (χ2n) is 7.05. The van der Waals surface area contributed by atoms with Gasteiger partial charge in [-0.2, -0.15) is 0 Å². The lowest BCUT2D eigenvalue weighted by Gasteiger charge is -2.21. The van der Waals surface area contributed by atoms with Crippen LogP contribution in [-0.4, -0.2) is 52.8 Å². The molecular formula is C22H30N4O3. The van der Waals surface area contributed by atoms with E-state index < -0.39 is 0 Å². The molecule has 0 radical (unpaired) electrons. The minimum absolute atomic E-state index is 0.0640. The molecule has 0 bridgehead atoms. The van der Waals surface area contributed by atoms with Crippen LogP contribution in [0.25, 0.3) is 0 Å². The molecule has 1 aromatic heterocycles. The van der Waals surface area contributed by atoms with Gasteiger partial charge >= 0.3 is 6.09 Å². The number of hydrogen-bond donors (Lipinski definition) is 1. The maximum absolute atomic E-state index is 12.6. The van der Waals surface area contributed by atoms with Crippen molar-refractivity contribution in [3.63, 3.8) is 0 Å². The van der Waals surface area contributed by atoms with E-state index in [0.29, 0.717) is 19.7 Å². The van der Waals surface area contributed by atoms with E-state index in [2.05, 4.69) is 24.1 Å². The molecule has 1 aromatic carbocycles. The first-order chi connectivity index (χ1) is 14.1. The first-order valence-corrected chi connectivity index (χ1v) is 10.3. The van der Waals surface area contributed by atoms with Gasteiger partial charge in [-0.3, -0.25) is 4.98 Å². The van der Waals surface area contributed by atoms with Crippen LogP contribution in [0.2, 0.25) is 0 Å². The summed E-state index contributed by atoms with van der Waals surface area (Å²) < 4.78 is 11.4. The van der Waals surface area contributed by atoms with Crippen LogP contribution in [-0.2, 0) is 28.9 Å². The Morgan fingerprint density at radius 2 is 1.97 bits per heavy atom. The van der Waals surface area contributed by atoms with Crippen molar-refractivity contribution in [1.82, 2.24) is 14.9 Å². The molecule has 1 aliphatic heterocycles. The largest absolute Gasteiger partial charge is 0.445 e. The van der Waals surface area contributed by atoms with E-state index in [9.17, 15) is 4.79 Å². The Bertz CT molecular complexity index is 800. The number of likely N-dealkylation sites (tertiary alicyclic amines) is 1. The Morgan fingerprint density at radius 3 is 2.66 bits per heavy atom. The van der Waals surface area contributed by atoms with Crippen molar-refractivity contribution in [3.05, 3.63) is 53.5 Å². The fraction of sp³-hybridized carbons (Fsp3) is 0.500. The molecule has 1 saturated heterocycles. The van der Waals surface area contributed by atoms with Crippen molar-refractivity contribution in [2.24, 2.45) is 0 Å². The van der Waals surface area contributed by atoms with Gasteiger partial charge in [-0.1, -0.05) is 44.2 Å². The summed E-state index contributed by atoms with van der Waals surface area (Å²) in [6, 6.07) is 9.62. The highest BCUT2D eigenvalue weighted by Crippen LogP contribution is 2.21. The van der Waals surface area contributed by atoms with Crippen LogP contribution in [0.15, 0.2) is 36.5 Å². The number of rotatable bonds is 8. The van der Waals surface area contributed by atoms with Crippen molar-refractivity contribution in [3.8, 4) is 0 Å². The number of aromatic nitrogens is 2. The third-order valence-electron chi connectivity index (χ3n) is 5.03. The van der Waals surface area contributed by atoms with Gasteiger partial charge in [0, 0.05) is 19.3 Å². The number of benzene rings is 1. The normalized spacial score (nSPS) is 18.7.